The second-order valence-corrected chi connectivity index (χ2v) is 4.79. The first kappa shape index (κ1) is 12.5. The van der Waals surface area contributed by atoms with Crippen LogP contribution in [0.15, 0.2) is 24.3 Å². The van der Waals surface area contributed by atoms with E-state index in [1.54, 1.807) is 0 Å². The van der Waals surface area contributed by atoms with Crippen molar-refractivity contribution in [2.75, 3.05) is 5.73 Å². The molecule has 2 aromatic rings. The van der Waals surface area contributed by atoms with E-state index in [-0.39, 0.29) is 0 Å². The van der Waals surface area contributed by atoms with E-state index < -0.39 is 0 Å². The highest BCUT2D eigenvalue weighted by molar-refractivity contribution is 5.60. The number of hydrogen-bond acceptors (Lipinski definition) is 4. The van der Waals surface area contributed by atoms with Gasteiger partial charge in [0.25, 0.3) is 0 Å². The van der Waals surface area contributed by atoms with Crippen LogP contribution in [0.4, 0.5) is 5.69 Å². The third-order valence-electron chi connectivity index (χ3n) is 3.14. The zero-order chi connectivity index (χ0) is 13.1. The molecule has 96 valence electrons. The van der Waals surface area contributed by atoms with Crippen LogP contribution < -0.4 is 5.73 Å². The largest absolute Gasteiger partial charge is 0.399 e. The van der Waals surface area contributed by atoms with Gasteiger partial charge in [-0.2, -0.15) is 0 Å². The lowest BCUT2D eigenvalue weighted by molar-refractivity contribution is 0.333. The predicted molar refractivity (Wildman–Crippen MR) is 71.8 cm³/mol. The summed E-state index contributed by atoms with van der Waals surface area (Å²) in [5.41, 5.74) is 7.48. The summed E-state index contributed by atoms with van der Waals surface area (Å²) in [6.07, 6.45) is 0.998. The van der Waals surface area contributed by atoms with Crippen LogP contribution in [0.5, 0.6) is 0 Å². The number of nitrogens with zero attached hydrogens (tertiary/aromatic N) is 4. The summed E-state index contributed by atoms with van der Waals surface area (Å²) in [5, 5.41) is 12.1. The highest BCUT2D eigenvalue weighted by Gasteiger charge is 2.19. The molecule has 0 bridgehead atoms. The lowest BCUT2D eigenvalue weighted by Gasteiger charge is -2.20. The Balaban J connectivity index is 2.44. The SMILES string of the molecule is CCC(C(C)C)n1nnnc1-c1cccc(N)c1. The van der Waals surface area contributed by atoms with Gasteiger partial charge in [-0.1, -0.05) is 32.9 Å². The van der Waals surface area contributed by atoms with Crippen LogP contribution >= 0.6 is 0 Å². The molecular weight excluding hydrogens is 226 g/mol. The third-order valence-corrected chi connectivity index (χ3v) is 3.14. The van der Waals surface area contributed by atoms with Crippen molar-refractivity contribution in [2.45, 2.75) is 33.2 Å². The smallest absolute Gasteiger partial charge is 0.182 e. The molecule has 1 atom stereocenters. The van der Waals surface area contributed by atoms with Crippen molar-refractivity contribution in [3.8, 4) is 11.4 Å². The topological polar surface area (TPSA) is 69.6 Å². The molecule has 0 aliphatic carbocycles. The maximum atomic E-state index is 5.81. The fraction of sp³-hybridized carbons (Fsp3) is 0.462. The second kappa shape index (κ2) is 5.16. The molecule has 0 radical (unpaired) electrons. The van der Waals surface area contributed by atoms with Crippen molar-refractivity contribution in [1.29, 1.82) is 0 Å². The molecule has 1 unspecified atom stereocenters. The molecule has 0 aliphatic rings. The molecule has 2 N–H and O–H groups in total. The Hall–Kier alpha value is -1.91. The zero-order valence-electron chi connectivity index (χ0n) is 11.0. The van der Waals surface area contributed by atoms with Crippen LogP contribution in [0.25, 0.3) is 11.4 Å². The minimum atomic E-state index is 0.302. The molecule has 0 aliphatic heterocycles. The van der Waals surface area contributed by atoms with Gasteiger partial charge < -0.3 is 5.73 Å². The maximum absolute atomic E-state index is 5.81. The monoisotopic (exact) mass is 245 g/mol. The lowest BCUT2D eigenvalue weighted by atomic mass is 10.0. The number of hydrogen-bond donors (Lipinski definition) is 1. The van der Waals surface area contributed by atoms with Gasteiger partial charge in [-0.25, -0.2) is 4.68 Å². The van der Waals surface area contributed by atoms with Gasteiger partial charge in [-0.05, 0) is 34.9 Å². The molecule has 0 amide bonds. The molecule has 1 aromatic carbocycles. The van der Waals surface area contributed by atoms with E-state index in [0.717, 1.165) is 23.5 Å². The molecule has 0 spiro atoms. The van der Waals surface area contributed by atoms with Crippen LogP contribution in [-0.4, -0.2) is 20.2 Å². The Morgan fingerprint density at radius 2 is 2.11 bits per heavy atom. The Morgan fingerprint density at radius 1 is 1.33 bits per heavy atom. The standard InChI is InChI=1S/C13H19N5/c1-4-12(9(2)3)18-13(15-16-17-18)10-6-5-7-11(14)8-10/h5-9,12H,4,14H2,1-3H3. The van der Waals surface area contributed by atoms with Crippen molar-refractivity contribution >= 4 is 5.69 Å². The molecule has 2 rings (SSSR count). The van der Waals surface area contributed by atoms with Gasteiger partial charge in [0.15, 0.2) is 5.82 Å². The fourth-order valence-corrected chi connectivity index (χ4v) is 2.21. The van der Waals surface area contributed by atoms with Gasteiger partial charge in [0.05, 0.1) is 6.04 Å². The number of aromatic nitrogens is 4. The molecule has 1 aromatic heterocycles. The Labute approximate surface area is 107 Å². The van der Waals surface area contributed by atoms with Crippen molar-refractivity contribution in [1.82, 2.24) is 20.2 Å². The summed E-state index contributed by atoms with van der Waals surface area (Å²) in [6, 6.07) is 7.95. The minimum Gasteiger partial charge on any atom is -0.399 e. The van der Waals surface area contributed by atoms with Crippen LogP contribution in [0, 0.1) is 5.92 Å². The minimum absolute atomic E-state index is 0.302. The normalized spacial score (nSPS) is 12.9. The Kier molecular flexibility index (Phi) is 3.60. The molecule has 5 nitrogen and oxygen atoms in total. The molecule has 0 fully saturated rings. The van der Waals surface area contributed by atoms with Crippen molar-refractivity contribution in [2.24, 2.45) is 5.92 Å². The lowest BCUT2D eigenvalue weighted by Crippen LogP contribution is -2.17. The first-order valence-corrected chi connectivity index (χ1v) is 6.27. The van der Waals surface area contributed by atoms with E-state index in [1.165, 1.54) is 0 Å². The third kappa shape index (κ3) is 2.34. The van der Waals surface area contributed by atoms with Gasteiger partial charge in [-0.3, -0.25) is 0 Å². The van der Waals surface area contributed by atoms with Crippen LogP contribution in [0.1, 0.15) is 33.2 Å². The number of benzene rings is 1. The van der Waals surface area contributed by atoms with E-state index in [9.17, 15) is 0 Å². The number of nitrogens with two attached hydrogens (primary N) is 1. The van der Waals surface area contributed by atoms with Gasteiger partial charge in [0.1, 0.15) is 0 Å². The molecule has 5 heteroatoms. The first-order valence-electron chi connectivity index (χ1n) is 6.27. The molecule has 1 heterocycles. The van der Waals surface area contributed by atoms with Crippen molar-refractivity contribution in [3.05, 3.63) is 24.3 Å². The molecular formula is C13H19N5. The maximum Gasteiger partial charge on any atom is 0.182 e. The number of rotatable bonds is 4. The number of tetrazole rings is 1. The van der Waals surface area contributed by atoms with Crippen LogP contribution in [0.3, 0.4) is 0 Å². The highest BCUT2D eigenvalue weighted by atomic mass is 15.5. The van der Waals surface area contributed by atoms with Crippen LogP contribution in [0.2, 0.25) is 0 Å². The van der Waals surface area contributed by atoms with E-state index >= 15 is 0 Å². The van der Waals surface area contributed by atoms with Gasteiger partial charge in [0, 0.05) is 11.3 Å². The first-order chi connectivity index (χ1) is 8.63. The quantitative estimate of drug-likeness (QED) is 0.840. The zero-order valence-corrected chi connectivity index (χ0v) is 11.0. The highest BCUT2D eigenvalue weighted by Crippen LogP contribution is 2.26. The van der Waals surface area contributed by atoms with E-state index in [2.05, 4.69) is 36.3 Å². The van der Waals surface area contributed by atoms with E-state index in [4.69, 9.17) is 5.73 Å². The summed E-state index contributed by atoms with van der Waals surface area (Å²) >= 11 is 0. The fourth-order valence-electron chi connectivity index (χ4n) is 2.21. The van der Waals surface area contributed by atoms with Gasteiger partial charge >= 0.3 is 0 Å². The summed E-state index contributed by atoms with van der Waals surface area (Å²) < 4.78 is 1.90. The summed E-state index contributed by atoms with van der Waals surface area (Å²) in [4.78, 5) is 0. The Morgan fingerprint density at radius 3 is 2.72 bits per heavy atom. The molecule has 0 saturated carbocycles. The van der Waals surface area contributed by atoms with E-state index in [0.29, 0.717) is 12.0 Å². The Bertz CT molecular complexity index is 518. The van der Waals surface area contributed by atoms with Crippen molar-refractivity contribution < 1.29 is 0 Å². The number of anilines is 1. The average molecular weight is 245 g/mol. The predicted octanol–water partition coefficient (Wildman–Crippen LogP) is 2.53. The van der Waals surface area contributed by atoms with E-state index in [1.807, 2.05) is 28.9 Å². The summed E-state index contributed by atoms with van der Waals surface area (Å²) in [6.45, 7) is 6.51. The average Bonchev–Trinajstić information content (AvgIpc) is 2.78. The number of nitrogen functional groups attached to an aromatic ring is 1. The van der Waals surface area contributed by atoms with Crippen LogP contribution in [-0.2, 0) is 0 Å². The van der Waals surface area contributed by atoms with Gasteiger partial charge in [-0.15, -0.1) is 5.10 Å². The summed E-state index contributed by atoms with van der Waals surface area (Å²) in [7, 11) is 0. The second-order valence-electron chi connectivity index (χ2n) is 4.79. The molecule has 18 heavy (non-hydrogen) atoms. The van der Waals surface area contributed by atoms with Gasteiger partial charge in [0.2, 0.25) is 0 Å². The molecule has 0 saturated heterocycles. The van der Waals surface area contributed by atoms with Crippen molar-refractivity contribution in [3.63, 3.8) is 0 Å². The summed E-state index contributed by atoms with van der Waals surface area (Å²) in [5.74, 6) is 1.26.